The average molecular weight is 278 g/mol. The van der Waals surface area contributed by atoms with E-state index < -0.39 is 0 Å². The lowest BCUT2D eigenvalue weighted by molar-refractivity contribution is 0.515. The Hall–Kier alpha value is 0.490. The predicted molar refractivity (Wildman–Crippen MR) is 64.4 cm³/mol. The number of hydrogen-bond acceptors (Lipinski definition) is 3. The van der Waals surface area contributed by atoms with Crippen LogP contribution in [0.15, 0.2) is 15.9 Å². The molecule has 1 nitrogen and oxygen atoms in total. The van der Waals surface area contributed by atoms with Gasteiger partial charge in [-0.2, -0.15) is 0 Å². The van der Waals surface area contributed by atoms with Crippen LogP contribution < -0.4 is 5.32 Å². The molecule has 1 N–H and O–H groups in total. The molecule has 2 rings (SSSR count). The molecule has 0 aromatic carbocycles. The maximum Gasteiger partial charge on any atom is 0.0885 e. The van der Waals surface area contributed by atoms with E-state index in [0.29, 0.717) is 11.4 Å². The summed E-state index contributed by atoms with van der Waals surface area (Å²) in [6.45, 7) is 2.26. The van der Waals surface area contributed by atoms with Gasteiger partial charge in [0.15, 0.2) is 0 Å². The van der Waals surface area contributed by atoms with Crippen molar-refractivity contribution >= 4 is 39.0 Å². The molecule has 0 bridgehead atoms. The SMILES string of the molecule is CC1CCSC(c2ccc(Br)s2)N1. The van der Waals surface area contributed by atoms with E-state index in [1.54, 1.807) is 0 Å². The number of rotatable bonds is 1. The van der Waals surface area contributed by atoms with Crippen LogP contribution in [0.4, 0.5) is 0 Å². The molecule has 0 saturated carbocycles. The third-order valence-corrected chi connectivity index (χ3v) is 5.16. The van der Waals surface area contributed by atoms with Gasteiger partial charge in [-0.25, -0.2) is 0 Å². The zero-order valence-electron chi connectivity index (χ0n) is 7.42. The van der Waals surface area contributed by atoms with Crippen molar-refractivity contribution in [3.8, 4) is 0 Å². The molecule has 72 valence electrons. The molecule has 2 unspecified atom stereocenters. The normalized spacial score (nSPS) is 29.1. The molecule has 2 heterocycles. The first kappa shape index (κ1) is 10.0. The third kappa shape index (κ3) is 2.49. The van der Waals surface area contributed by atoms with Crippen LogP contribution in [0.1, 0.15) is 23.6 Å². The van der Waals surface area contributed by atoms with Crippen molar-refractivity contribution in [3.05, 3.63) is 20.8 Å². The first-order valence-electron chi connectivity index (χ1n) is 4.38. The average Bonchev–Trinajstić information content (AvgIpc) is 2.52. The minimum Gasteiger partial charge on any atom is -0.298 e. The smallest absolute Gasteiger partial charge is 0.0885 e. The molecule has 1 fully saturated rings. The lowest BCUT2D eigenvalue weighted by Crippen LogP contribution is -2.33. The largest absolute Gasteiger partial charge is 0.298 e. The summed E-state index contributed by atoms with van der Waals surface area (Å²) in [5.41, 5.74) is 0. The highest BCUT2D eigenvalue weighted by molar-refractivity contribution is 9.11. The van der Waals surface area contributed by atoms with E-state index >= 15 is 0 Å². The fourth-order valence-electron chi connectivity index (χ4n) is 1.39. The summed E-state index contributed by atoms with van der Waals surface area (Å²) in [7, 11) is 0. The second-order valence-corrected chi connectivity index (χ2v) is 6.96. The molecular weight excluding hydrogens is 266 g/mol. The molecule has 0 aliphatic carbocycles. The monoisotopic (exact) mass is 277 g/mol. The molecule has 0 radical (unpaired) electrons. The lowest BCUT2D eigenvalue weighted by atomic mass is 10.2. The molecule has 1 aliphatic heterocycles. The van der Waals surface area contributed by atoms with Crippen LogP contribution in [0.3, 0.4) is 0 Å². The summed E-state index contributed by atoms with van der Waals surface area (Å²) in [5, 5.41) is 4.11. The van der Waals surface area contributed by atoms with Crippen molar-refractivity contribution in [2.75, 3.05) is 5.75 Å². The molecular formula is C9H12BrNS2. The van der Waals surface area contributed by atoms with Gasteiger partial charge in [0.05, 0.1) is 9.16 Å². The van der Waals surface area contributed by atoms with Crippen LogP contribution in [0.5, 0.6) is 0 Å². The first-order valence-corrected chi connectivity index (χ1v) is 7.04. The molecule has 1 aromatic rings. The van der Waals surface area contributed by atoms with Crippen molar-refractivity contribution < 1.29 is 0 Å². The minimum absolute atomic E-state index is 0.514. The predicted octanol–water partition coefficient (Wildman–Crippen LogP) is 3.62. The number of hydrogen-bond donors (Lipinski definition) is 1. The Bertz CT molecular complexity index is 287. The van der Waals surface area contributed by atoms with Crippen LogP contribution in [-0.4, -0.2) is 11.8 Å². The van der Waals surface area contributed by atoms with Crippen molar-refractivity contribution in [3.63, 3.8) is 0 Å². The van der Waals surface area contributed by atoms with Crippen LogP contribution in [-0.2, 0) is 0 Å². The van der Waals surface area contributed by atoms with Gasteiger partial charge in [-0.15, -0.1) is 23.1 Å². The van der Waals surface area contributed by atoms with Crippen molar-refractivity contribution in [1.29, 1.82) is 0 Å². The van der Waals surface area contributed by atoms with E-state index in [9.17, 15) is 0 Å². The van der Waals surface area contributed by atoms with E-state index in [1.165, 1.54) is 20.8 Å². The Morgan fingerprint density at radius 2 is 2.38 bits per heavy atom. The van der Waals surface area contributed by atoms with Gasteiger partial charge in [0.1, 0.15) is 0 Å². The number of nitrogens with one attached hydrogen (secondary N) is 1. The van der Waals surface area contributed by atoms with Crippen LogP contribution in [0.2, 0.25) is 0 Å². The second-order valence-electron chi connectivity index (χ2n) is 3.25. The van der Waals surface area contributed by atoms with Crippen molar-refractivity contribution in [2.45, 2.75) is 24.8 Å². The van der Waals surface area contributed by atoms with E-state index in [1.807, 2.05) is 23.1 Å². The Morgan fingerprint density at radius 3 is 3.00 bits per heavy atom. The van der Waals surface area contributed by atoms with Gasteiger partial charge >= 0.3 is 0 Å². The molecule has 1 aromatic heterocycles. The summed E-state index contributed by atoms with van der Waals surface area (Å²) in [6.07, 6.45) is 1.29. The van der Waals surface area contributed by atoms with Gasteiger partial charge in [0, 0.05) is 10.9 Å². The van der Waals surface area contributed by atoms with Crippen molar-refractivity contribution in [2.24, 2.45) is 0 Å². The summed E-state index contributed by atoms with van der Waals surface area (Å²) in [6, 6.07) is 4.99. The maximum atomic E-state index is 3.60. The molecule has 2 atom stereocenters. The zero-order valence-corrected chi connectivity index (χ0v) is 10.6. The molecule has 0 amide bonds. The highest BCUT2D eigenvalue weighted by Crippen LogP contribution is 2.36. The van der Waals surface area contributed by atoms with E-state index in [0.717, 1.165) is 0 Å². The topological polar surface area (TPSA) is 12.0 Å². The fraction of sp³-hybridized carbons (Fsp3) is 0.556. The number of halogens is 1. The summed E-state index contributed by atoms with van der Waals surface area (Å²) in [5.74, 6) is 1.27. The van der Waals surface area contributed by atoms with Gasteiger partial charge in [0.2, 0.25) is 0 Å². The standard InChI is InChI=1S/C9H12BrNS2/c1-6-4-5-12-9(11-6)7-2-3-8(10)13-7/h2-3,6,9,11H,4-5H2,1H3. The van der Waals surface area contributed by atoms with E-state index in [-0.39, 0.29) is 0 Å². The van der Waals surface area contributed by atoms with Crippen molar-refractivity contribution in [1.82, 2.24) is 5.32 Å². The molecule has 0 spiro atoms. The van der Waals surface area contributed by atoms with Crippen LogP contribution in [0.25, 0.3) is 0 Å². The Balaban J connectivity index is 2.08. The zero-order chi connectivity index (χ0) is 9.26. The molecule has 1 aliphatic rings. The Kier molecular flexibility index (Phi) is 3.35. The molecule has 1 saturated heterocycles. The first-order chi connectivity index (χ1) is 6.25. The number of thiophene rings is 1. The molecule has 13 heavy (non-hydrogen) atoms. The highest BCUT2D eigenvalue weighted by atomic mass is 79.9. The fourth-order valence-corrected chi connectivity index (χ4v) is 4.40. The van der Waals surface area contributed by atoms with Gasteiger partial charge in [0.25, 0.3) is 0 Å². The summed E-state index contributed by atoms with van der Waals surface area (Å²) >= 11 is 7.34. The minimum atomic E-state index is 0.514. The summed E-state index contributed by atoms with van der Waals surface area (Å²) in [4.78, 5) is 1.43. The van der Waals surface area contributed by atoms with Gasteiger partial charge in [-0.1, -0.05) is 0 Å². The van der Waals surface area contributed by atoms with Gasteiger partial charge in [-0.05, 0) is 47.2 Å². The Morgan fingerprint density at radius 1 is 1.54 bits per heavy atom. The highest BCUT2D eigenvalue weighted by Gasteiger charge is 2.20. The van der Waals surface area contributed by atoms with Crippen LogP contribution in [0, 0.1) is 0 Å². The lowest BCUT2D eigenvalue weighted by Gasteiger charge is -2.27. The maximum absolute atomic E-state index is 3.60. The third-order valence-electron chi connectivity index (χ3n) is 2.12. The number of thioether (sulfide) groups is 1. The molecule has 4 heteroatoms. The van der Waals surface area contributed by atoms with Gasteiger partial charge in [-0.3, -0.25) is 5.32 Å². The quantitative estimate of drug-likeness (QED) is 0.842. The van der Waals surface area contributed by atoms with Crippen LogP contribution >= 0.6 is 39.0 Å². The summed E-state index contributed by atoms with van der Waals surface area (Å²) < 4.78 is 1.23. The van der Waals surface area contributed by atoms with E-state index in [2.05, 4.69) is 40.3 Å². The van der Waals surface area contributed by atoms with E-state index in [4.69, 9.17) is 0 Å². The second kappa shape index (κ2) is 4.34. The Labute approximate surface area is 95.4 Å². The van der Waals surface area contributed by atoms with Gasteiger partial charge < -0.3 is 0 Å².